The van der Waals surface area contributed by atoms with Crippen molar-refractivity contribution in [3.05, 3.63) is 63.2 Å². The average molecular weight is 294 g/mol. The van der Waals surface area contributed by atoms with E-state index in [1.165, 1.54) is 24.3 Å². The highest BCUT2D eigenvalue weighted by Crippen LogP contribution is 2.19. The minimum Gasteiger partial charge on any atom is -0.478 e. The summed E-state index contributed by atoms with van der Waals surface area (Å²) in [5.74, 6) is -1.71. The lowest BCUT2D eigenvalue weighted by Crippen LogP contribution is -2.13. The summed E-state index contributed by atoms with van der Waals surface area (Å²) < 4.78 is 4.57. The molecule has 0 saturated heterocycles. The Bertz CT molecular complexity index is 717. The molecular weight excluding hydrogens is 286 g/mol. The van der Waals surface area contributed by atoms with Gasteiger partial charge >= 0.3 is 11.6 Å². The molecule has 1 aromatic carbocycles. The van der Waals surface area contributed by atoms with Crippen molar-refractivity contribution in [2.24, 2.45) is 0 Å². The third-order valence-corrected chi connectivity index (χ3v) is 2.58. The molecule has 2 rings (SSSR count). The molecule has 6 nitrogen and oxygen atoms in total. The van der Waals surface area contributed by atoms with Gasteiger partial charge < -0.3 is 14.8 Å². The van der Waals surface area contributed by atoms with Crippen LogP contribution in [0.15, 0.2) is 45.8 Å². The van der Waals surface area contributed by atoms with Crippen molar-refractivity contribution in [3.63, 3.8) is 0 Å². The van der Waals surface area contributed by atoms with E-state index >= 15 is 0 Å². The number of amides is 1. The minimum atomic E-state index is -1.16. The van der Waals surface area contributed by atoms with E-state index in [9.17, 15) is 14.4 Å². The quantitative estimate of drug-likeness (QED) is 0.904. The average Bonchev–Trinajstić information content (AvgIpc) is 2.38. The Morgan fingerprint density at radius 2 is 1.90 bits per heavy atom. The molecule has 0 aliphatic carbocycles. The van der Waals surface area contributed by atoms with E-state index in [4.69, 9.17) is 16.7 Å². The zero-order valence-corrected chi connectivity index (χ0v) is 10.7. The number of hydrogen-bond donors (Lipinski definition) is 2. The maximum Gasteiger partial charge on any atom is 0.335 e. The van der Waals surface area contributed by atoms with Crippen molar-refractivity contribution >= 4 is 29.2 Å². The van der Waals surface area contributed by atoms with Crippen molar-refractivity contribution in [2.75, 3.05) is 5.32 Å². The van der Waals surface area contributed by atoms with Crippen LogP contribution in [0.5, 0.6) is 0 Å². The zero-order chi connectivity index (χ0) is 14.7. The van der Waals surface area contributed by atoms with Gasteiger partial charge in [0, 0.05) is 16.8 Å². The van der Waals surface area contributed by atoms with E-state index in [2.05, 4.69) is 9.73 Å². The van der Waals surface area contributed by atoms with Gasteiger partial charge in [-0.1, -0.05) is 11.6 Å². The second-order valence-corrected chi connectivity index (χ2v) is 4.27. The maximum absolute atomic E-state index is 11.9. The molecule has 0 atom stereocenters. The van der Waals surface area contributed by atoms with Crippen LogP contribution in [0, 0.1) is 0 Å². The van der Waals surface area contributed by atoms with Crippen LogP contribution < -0.4 is 10.9 Å². The Balaban J connectivity index is 2.25. The van der Waals surface area contributed by atoms with E-state index in [0.717, 1.165) is 12.3 Å². The number of nitrogens with one attached hydrogen (secondary N) is 1. The normalized spacial score (nSPS) is 10.1. The smallest absolute Gasteiger partial charge is 0.335 e. The predicted octanol–water partition coefficient (Wildman–Crippen LogP) is 2.24. The zero-order valence-electron chi connectivity index (χ0n) is 9.92. The van der Waals surface area contributed by atoms with Crippen molar-refractivity contribution in [2.45, 2.75) is 0 Å². The Labute approximate surface area is 117 Å². The summed E-state index contributed by atoms with van der Waals surface area (Å²) in [4.78, 5) is 33.5. The molecule has 0 aliphatic heterocycles. The number of carbonyl (C=O) groups excluding carboxylic acids is 1. The highest BCUT2D eigenvalue weighted by Gasteiger charge is 2.10. The largest absolute Gasteiger partial charge is 0.478 e. The third-order valence-electron chi connectivity index (χ3n) is 2.37. The van der Waals surface area contributed by atoms with Gasteiger partial charge in [0.25, 0.3) is 5.91 Å². The van der Waals surface area contributed by atoms with Crippen LogP contribution in [0.4, 0.5) is 5.69 Å². The SMILES string of the molecule is O=C(O)c1cc(Cl)cc(NC(=O)c2ccc(=O)oc2)c1. The molecule has 0 radical (unpaired) electrons. The summed E-state index contributed by atoms with van der Waals surface area (Å²) in [5, 5.41) is 11.5. The molecule has 102 valence electrons. The topological polar surface area (TPSA) is 96.6 Å². The molecule has 0 saturated carbocycles. The van der Waals surface area contributed by atoms with Crippen LogP contribution in [0.2, 0.25) is 5.02 Å². The molecule has 0 fully saturated rings. The Morgan fingerprint density at radius 3 is 2.50 bits per heavy atom. The van der Waals surface area contributed by atoms with Crippen molar-refractivity contribution in [1.29, 1.82) is 0 Å². The number of aromatic carboxylic acids is 1. The molecule has 0 aliphatic rings. The fraction of sp³-hybridized carbons (Fsp3) is 0. The Morgan fingerprint density at radius 1 is 1.15 bits per heavy atom. The molecule has 0 unspecified atom stereocenters. The first-order chi connectivity index (χ1) is 9.45. The van der Waals surface area contributed by atoms with Gasteiger partial charge in [-0.3, -0.25) is 4.79 Å². The van der Waals surface area contributed by atoms with E-state index < -0.39 is 17.5 Å². The van der Waals surface area contributed by atoms with Gasteiger partial charge in [-0.05, 0) is 24.3 Å². The predicted molar refractivity (Wildman–Crippen MR) is 71.3 cm³/mol. The van der Waals surface area contributed by atoms with E-state index in [1.54, 1.807) is 0 Å². The molecule has 2 N–H and O–H groups in total. The number of anilines is 1. The van der Waals surface area contributed by atoms with Crippen LogP contribution in [0.1, 0.15) is 20.7 Å². The molecule has 1 heterocycles. The third kappa shape index (κ3) is 3.24. The molecule has 2 aromatic rings. The number of carboxylic acids is 1. The summed E-state index contributed by atoms with van der Waals surface area (Å²) in [6, 6.07) is 6.34. The van der Waals surface area contributed by atoms with Gasteiger partial charge in [0.05, 0.1) is 11.1 Å². The second kappa shape index (κ2) is 5.58. The summed E-state index contributed by atoms with van der Waals surface area (Å²) in [5.41, 5.74) is -0.266. The number of benzene rings is 1. The first-order valence-electron chi connectivity index (χ1n) is 5.40. The molecule has 0 bridgehead atoms. The first-order valence-corrected chi connectivity index (χ1v) is 5.77. The van der Waals surface area contributed by atoms with Crippen molar-refractivity contribution in [3.8, 4) is 0 Å². The number of carboxylic acid groups (broad SMARTS) is 1. The fourth-order valence-electron chi connectivity index (χ4n) is 1.48. The lowest BCUT2D eigenvalue weighted by Gasteiger charge is -2.06. The molecule has 0 spiro atoms. The Kier molecular flexibility index (Phi) is 3.86. The van der Waals surface area contributed by atoms with Crippen LogP contribution in [0.25, 0.3) is 0 Å². The van der Waals surface area contributed by atoms with E-state index in [1.807, 2.05) is 0 Å². The Hall–Kier alpha value is -2.60. The minimum absolute atomic E-state index is 0.0487. The summed E-state index contributed by atoms with van der Waals surface area (Å²) in [7, 11) is 0. The van der Waals surface area contributed by atoms with Crippen molar-refractivity contribution < 1.29 is 19.1 Å². The molecule has 20 heavy (non-hydrogen) atoms. The number of rotatable bonds is 3. The summed E-state index contributed by atoms with van der Waals surface area (Å²) >= 11 is 5.77. The van der Waals surface area contributed by atoms with Gasteiger partial charge in [-0.25, -0.2) is 9.59 Å². The van der Waals surface area contributed by atoms with Crippen LogP contribution in [-0.2, 0) is 0 Å². The standard InChI is InChI=1S/C13H8ClNO5/c14-9-3-8(13(18)19)4-10(5-9)15-12(17)7-1-2-11(16)20-6-7/h1-6H,(H,15,17)(H,18,19). The number of carbonyl (C=O) groups is 2. The fourth-order valence-corrected chi connectivity index (χ4v) is 1.71. The second-order valence-electron chi connectivity index (χ2n) is 3.83. The lowest BCUT2D eigenvalue weighted by atomic mass is 10.2. The summed E-state index contributed by atoms with van der Waals surface area (Å²) in [6.07, 6.45) is 1.01. The van der Waals surface area contributed by atoms with Gasteiger partial charge in [0.1, 0.15) is 6.26 Å². The highest BCUT2D eigenvalue weighted by molar-refractivity contribution is 6.31. The first kappa shape index (κ1) is 13.8. The molecule has 1 aromatic heterocycles. The van der Waals surface area contributed by atoms with Crippen LogP contribution >= 0.6 is 11.6 Å². The van der Waals surface area contributed by atoms with E-state index in [-0.39, 0.29) is 21.8 Å². The van der Waals surface area contributed by atoms with Gasteiger partial charge in [-0.15, -0.1) is 0 Å². The number of hydrogen-bond acceptors (Lipinski definition) is 4. The molecule has 1 amide bonds. The van der Waals surface area contributed by atoms with Gasteiger partial charge in [-0.2, -0.15) is 0 Å². The van der Waals surface area contributed by atoms with Gasteiger partial charge in [0.2, 0.25) is 0 Å². The van der Waals surface area contributed by atoms with E-state index in [0.29, 0.717) is 0 Å². The number of halogens is 1. The van der Waals surface area contributed by atoms with Crippen LogP contribution in [-0.4, -0.2) is 17.0 Å². The summed E-state index contributed by atoms with van der Waals surface area (Å²) in [6.45, 7) is 0. The molecule has 7 heteroatoms. The maximum atomic E-state index is 11.9. The molecular formula is C13H8ClNO5. The highest BCUT2D eigenvalue weighted by atomic mass is 35.5. The van der Waals surface area contributed by atoms with Crippen LogP contribution in [0.3, 0.4) is 0 Å². The van der Waals surface area contributed by atoms with Crippen molar-refractivity contribution in [1.82, 2.24) is 0 Å². The lowest BCUT2D eigenvalue weighted by molar-refractivity contribution is 0.0696. The monoisotopic (exact) mass is 293 g/mol. The van der Waals surface area contributed by atoms with Gasteiger partial charge in [0.15, 0.2) is 0 Å².